The van der Waals surface area contributed by atoms with E-state index >= 15 is 0 Å². The zero-order chi connectivity index (χ0) is 10.6. The third kappa shape index (κ3) is 2.90. The van der Waals surface area contributed by atoms with Gasteiger partial charge in [0.25, 0.3) is 0 Å². The third-order valence-corrected chi connectivity index (χ3v) is 2.59. The minimum absolute atomic E-state index is 0.0532. The Kier molecular flexibility index (Phi) is 3.80. The second-order valence-corrected chi connectivity index (χ2v) is 3.74. The fourth-order valence-electron chi connectivity index (χ4n) is 1.80. The maximum atomic E-state index is 13.9. The van der Waals surface area contributed by atoms with E-state index in [1.54, 1.807) is 0 Å². The van der Waals surface area contributed by atoms with Crippen molar-refractivity contribution in [3.05, 3.63) is 0 Å². The van der Waals surface area contributed by atoms with E-state index in [1.165, 1.54) is 0 Å². The number of aliphatic carboxylic acids is 1. The van der Waals surface area contributed by atoms with Crippen molar-refractivity contribution in [3.63, 3.8) is 0 Å². The number of carboxylic acid groups (broad SMARTS) is 1. The molecular formula is C9H15F2NO2. The molecule has 0 aromatic carbocycles. The standard InChI is InChI=1S/C9H15F2NO2/c10-4-1-2-9(11)3-5-12-7(6-9)8(13)14/h7,12H,1-6H2,(H,13,14). The average molecular weight is 207 g/mol. The number of hydrogen-bond acceptors (Lipinski definition) is 2. The Morgan fingerprint density at radius 2 is 2.36 bits per heavy atom. The molecule has 0 aromatic rings. The van der Waals surface area contributed by atoms with Crippen molar-refractivity contribution in [2.45, 2.75) is 37.4 Å². The molecule has 1 rings (SSSR count). The van der Waals surface area contributed by atoms with Gasteiger partial charge in [-0.15, -0.1) is 0 Å². The fourth-order valence-corrected chi connectivity index (χ4v) is 1.80. The number of carbonyl (C=O) groups is 1. The van der Waals surface area contributed by atoms with Gasteiger partial charge in [-0.3, -0.25) is 9.18 Å². The van der Waals surface area contributed by atoms with E-state index in [0.717, 1.165) is 0 Å². The molecule has 1 fully saturated rings. The lowest BCUT2D eigenvalue weighted by Gasteiger charge is -2.33. The Labute approximate surface area is 81.5 Å². The number of halogens is 2. The lowest BCUT2D eigenvalue weighted by atomic mass is 9.86. The van der Waals surface area contributed by atoms with Crippen molar-refractivity contribution in [1.29, 1.82) is 0 Å². The van der Waals surface area contributed by atoms with Crippen molar-refractivity contribution < 1.29 is 18.7 Å². The molecule has 3 nitrogen and oxygen atoms in total. The van der Waals surface area contributed by atoms with Crippen LogP contribution in [0.3, 0.4) is 0 Å². The molecule has 82 valence electrons. The maximum absolute atomic E-state index is 13.9. The SMILES string of the molecule is O=C(O)C1CC(F)(CCCF)CCN1. The van der Waals surface area contributed by atoms with E-state index in [-0.39, 0.29) is 25.7 Å². The molecule has 0 amide bonds. The second kappa shape index (κ2) is 4.68. The van der Waals surface area contributed by atoms with Crippen LogP contribution in [0.2, 0.25) is 0 Å². The summed E-state index contributed by atoms with van der Waals surface area (Å²) in [6.45, 7) is -0.198. The Hall–Kier alpha value is -0.710. The van der Waals surface area contributed by atoms with Crippen LogP contribution < -0.4 is 5.32 Å². The molecule has 2 unspecified atom stereocenters. The van der Waals surface area contributed by atoms with Gasteiger partial charge in [-0.1, -0.05) is 0 Å². The quantitative estimate of drug-likeness (QED) is 0.730. The molecule has 0 spiro atoms. The van der Waals surface area contributed by atoms with Gasteiger partial charge in [0.2, 0.25) is 0 Å². The molecule has 5 heteroatoms. The minimum atomic E-state index is -1.50. The van der Waals surface area contributed by atoms with Crippen LogP contribution in [0.25, 0.3) is 0 Å². The third-order valence-electron chi connectivity index (χ3n) is 2.59. The molecule has 0 saturated carbocycles. The van der Waals surface area contributed by atoms with Gasteiger partial charge in [-0.05, 0) is 25.8 Å². The topological polar surface area (TPSA) is 49.3 Å². The highest BCUT2D eigenvalue weighted by atomic mass is 19.1. The molecule has 1 saturated heterocycles. The van der Waals surface area contributed by atoms with Crippen molar-refractivity contribution >= 4 is 5.97 Å². The fraction of sp³-hybridized carbons (Fsp3) is 0.889. The highest BCUT2D eigenvalue weighted by molar-refractivity contribution is 5.73. The molecule has 14 heavy (non-hydrogen) atoms. The van der Waals surface area contributed by atoms with Gasteiger partial charge < -0.3 is 10.4 Å². The lowest BCUT2D eigenvalue weighted by molar-refractivity contribution is -0.141. The Morgan fingerprint density at radius 1 is 1.64 bits per heavy atom. The van der Waals surface area contributed by atoms with Gasteiger partial charge in [0.15, 0.2) is 0 Å². The summed E-state index contributed by atoms with van der Waals surface area (Å²) in [6, 6.07) is -0.826. The monoisotopic (exact) mass is 207 g/mol. The van der Waals surface area contributed by atoms with Crippen molar-refractivity contribution in [2.24, 2.45) is 0 Å². The van der Waals surface area contributed by atoms with Crippen LogP contribution in [0, 0.1) is 0 Å². The highest BCUT2D eigenvalue weighted by Gasteiger charge is 2.38. The van der Waals surface area contributed by atoms with Gasteiger partial charge >= 0.3 is 5.97 Å². The molecular weight excluding hydrogens is 192 g/mol. The van der Waals surface area contributed by atoms with Crippen LogP contribution in [0.15, 0.2) is 0 Å². The smallest absolute Gasteiger partial charge is 0.320 e. The number of carboxylic acids is 1. The Bertz CT molecular complexity index is 213. The van der Waals surface area contributed by atoms with Crippen LogP contribution in [-0.2, 0) is 4.79 Å². The first-order valence-electron chi connectivity index (χ1n) is 4.78. The normalized spacial score (nSPS) is 32.9. The molecule has 1 aliphatic rings. The van der Waals surface area contributed by atoms with E-state index < -0.39 is 24.4 Å². The maximum Gasteiger partial charge on any atom is 0.320 e. The number of alkyl halides is 2. The summed E-state index contributed by atoms with van der Waals surface area (Å²) < 4.78 is 25.8. The minimum Gasteiger partial charge on any atom is -0.480 e. The van der Waals surface area contributed by atoms with Gasteiger partial charge in [0.05, 0.1) is 6.67 Å². The van der Waals surface area contributed by atoms with Crippen LogP contribution in [0.1, 0.15) is 25.7 Å². The summed E-state index contributed by atoms with van der Waals surface area (Å²) in [6.07, 6.45) is 0.511. The van der Waals surface area contributed by atoms with Gasteiger partial charge in [-0.2, -0.15) is 0 Å². The first kappa shape index (κ1) is 11.4. The van der Waals surface area contributed by atoms with E-state index in [1.807, 2.05) is 0 Å². The zero-order valence-corrected chi connectivity index (χ0v) is 7.93. The molecule has 2 atom stereocenters. The van der Waals surface area contributed by atoms with Crippen LogP contribution in [0.4, 0.5) is 8.78 Å². The molecule has 1 aliphatic heterocycles. The van der Waals surface area contributed by atoms with Crippen LogP contribution >= 0.6 is 0 Å². The first-order chi connectivity index (χ1) is 6.57. The van der Waals surface area contributed by atoms with Crippen LogP contribution in [0.5, 0.6) is 0 Å². The predicted molar refractivity (Wildman–Crippen MR) is 47.7 cm³/mol. The van der Waals surface area contributed by atoms with E-state index in [9.17, 15) is 13.6 Å². The summed E-state index contributed by atoms with van der Waals surface area (Å²) in [5.41, 5.74) is -1.50. The van der Waals surface area contributed by atoms with E-state index in [2.05, 4.69) is 5.32 Å². The second-order valence-electron chi connectivity index (χ2n) is 3.74. The molecule has 0 radical (unpaired) electrons. The van der Waals surface area contributed by atoms with Gasteiger partial charge in [0.1, 0.15) is 11.7 Å². The average Bonchev–Trinajstić information content (AvgIpc) is 2.15. The summed E-state index contributed by atoms with van der Waals surface area (Å²) in [5, 5.41) is 11.4. The number of piperidine rings is 1. The van der Waals surface area contributed by atoms with E-state index in [0.29, 0.717) is 6.54 Å². The summed E-state index contributed by atoms with van der Waals surface area (Å²) in [4.78, 5) is 10.6. The Morgan fingerprint density at radius 3 is 2.93 bits per heavy atom. The van der Waals surface area contributed by atoms with Crippen molar-refractivity contribution in [3.8, 4) is 0 Å². The van der Waals surface area contributed by atoms with Gasteiger partial charge in [0, 0.05) is 6.42 Å². The highest BCUT2D eigenvalue weighted by Crippen LogP contribution is 2.31. The zero-order valence-electron chi connectivity index (χ0n) is 7.93. The molecule has 0 aliphatic carbocycles. The lowest BCUT2D eigenvalue weighted by Crippen LogP contribution is -2.49. The molecule has 0 aromatic heterocycles. The summed E-state index contributed by atoms with van der Waals surface area (Å²) in [5.74, 6) is -1.04. The van der Waals surface area contributed by atoms with Crippen molar-refractivity contribution in [1.82, 2.24) is 5.32 Å². The number of nitrogens with one attached hydrogen (secondary N) is 1. The largest absolute Gasteiger partial charge is 0.480 e. The molecule has 2 N–H and O–H groups in total. The first-order valence-corrected chi connectivity index (χ1v) is 4.78. The Balaban J connectivity index is 2.48. The van der Waals surface area contributed by atoms with E-state index in [4.69, 9.17) is 5.11 Å². The number of hydrogen-bond donors (Lipinski definition) is 2. The summed E-state index contributed by atoms with van der Waals surface area (Å²) >= 11 is 0. The predicted octanol–water partition coefficient (Wildman–Crippen LogP) is 1.28. The molecule has 1 heterocycles. The van der Waals surface area contributed by atoms with Gasteiger partial charge in [-0.25, -0.2) is 4.39 Å². The van der Waals surface area contributed by atoms with Crippen molar-refractivity contribution in [2.75, 3.05) is 13.2 Å². The number of rotatable bonds is 4. The summed E-state index contributed by atoms with van der Waals surface area (Å²) in [7, 11) is 0. The molecule has 0 bridgehead atoms. The van der Waals surface area contributed by atoms with Crippen LogP contribution in [-0.4, -0.2) is 36.0 Å².